The molecule has 1 aromatic heterocycles. The third kappa shape index (κ3) is 5.77. The molecule has 9 nitrogen and oxygen atoms in total. The Morgan fingerprint density at radius 2 is 1.74 bits per heavy atom. The molecule has 3 aromatic rings. The molecule has 0 radical (unpaired) electrons. The molecule has 186 valence electrons. The number of amides is 1. The van der Waals surface area contributed by atoms with Gasteiger partial charge in [0, 0.05) is 5.56 Å². The van der Waals surface area contributed by atoms with Gasteiger partial charge in [-0.3, -0.25) is 14.9 Å². The summed E-state index contributed by atoms with van der Waals surface area (Å²) in [6.07, 6.45) is -5.07. The molecule has 2 heterocycles. The lowest BCUT2D eigenvalue weighted by Gasteiger charge is -2.35. The van der Waals surface area contributed by atoms with E-state index in [1.807, 2.05) is 42.5 Å². The van der Waals surface area contributed by atoms with Gasteiger partial charge < -0.3 is 20.1 Å². The third-order valence-corrected chi connectivity index (χ3v) is 6.06. The van der Waals surface area contributed by atoms with E-state index in [1.165, 1.54) is 5.56 Å². The molecule has 0 aliphatic carbocycles. The first-order chi connectivity index (χ1) is 16.6. The van der Waals surface area contributed by atoms with Gasteiger partial charge >= 0.3 is 0 Å². The molecular weight excluding hydrogens is 448 g/mol. The van der Waals surface area contributed by atoms with Crippen molar-refractivity contribution in [3.8, 4) is 11.3 Å². The summed E-state index contributed by atoms with van der Waals surface area (Å²) in [5.74, 6) is -0.484. The maximum atomic E-state index is 13.1. The van der Waals surface area contributed by atoms with Crippen molar-refractivity contribution in [1.29, 1.82) is 0 Å². The summed E-state index contributed by atoms with van der Waals surface area (Å²) < 4.78 is 6.92. The molecule has 1 amide bonds. The van der Waals surface area contributed by atoms with E-state index in [-0.39, 0.29) is 12.0 Å². The standard InChI is InChI=1S/C26H32N4O5/c1-26(2,3)18-11-9-16(10-12-18)14-30-20(13-19(29-30)17-7-5-4-6-8-17)24(34)27-28-25-23(33)22(32)21(31)15-35-25/h4-13,21-23,25,28,31-33H,14-15H2,1-3H3,(H,27,34)/t21-,22+,23-,25-/m1/s1. The average molecular weight is 481 g/mol. The van der Waals surface area contributed by atoms with Crippen LogP contribution in [0.1, 0.15) is 42.4 Å². The lowest BCUT2D eigenvalue weighted by atomic mass is 9.87. The van der Waals surface area contributed by atoms with Crippen LogP contribution in [0.15, 0.2) is 60.7 Å². The van der Waals surface area contributed by atoms with Crippen LogP contribution in [0.5, 0.6) is 0 Å². The van der Waals surface area contributed by atoms with Crippen LogP contribution >= 0.6 is 0 Å². The summed E-state index contributed by atoms with van der Waals surface area (Å²) in [7, 11) is 0. The second kappa shape index (κ2) is 10.3. The van der Waals surface area contributed by atoms with Crippen molar-refractivity contribution in [3.63, 3.8) is 0 Å². The second-order valence-electron chi connectivity index (χ2n) is 9.79. The minimum atomic E-state index is -1.41. The van der Waals surface area contributed by atoms with Crippen molar-refractivity contribution in [2.75, 3.05) is 6.61 Å². The number of ether oxygens (including phenoxy) is 1. The first-order valence-electron chi connectivity index (χ1n) is 11.6. The molecule has 5 N–H and O–H groups in total. The number of aromatic nitrogens is 2. The van der Waals surface area contributed by atoms with Crippen LogP contribution in [0, 0.1) is 0 Å². The Bertz CT molecular complexity index is 1140. The first-order valence-corrected chi connectivity index (χ1v) is 11.6. The molecule has 9 heteroatoms. The molecule has 0 bridgehead atoms. The topological polar surface area (TPSA) is 129 Å². The highest BCUT2D eigenvalue weighted by Gasteiger charge is 2.37. The van der Waals surface area contributed by atoms with E-state index in [4.69, 9.17) is 4.74 Å². The summed E-state index contributed by atoms with van der Waals surface area (Å²) in [5, 5.41) is 34.2. The van der Waals surface area contributed by atoms with Crippen molar-refractivity contribution < 1.29 is 24.9 Å². The van der Waals surface area contributed by atoms with Crippen LogP contribution in [0.4, 0.5) is 0 Å². The summed E-state index contributed by atoms with van der Waals surface area (Å²) in [5.41, 5.74) is 9.20. The van der Waals surface area contributed by atoms with E-state index in [0.29, 0.717) is 17.9 Å². The Morgan fingerprint density at radius 3 is 2.40 bits per heavy atom. The highest BCUT2D eigenvalue weighted by Crippen LogP contribution is 2.24. The number of hydrazine groups is 1. The van der Waals surface area contributed by atoms with E-state index in [1.54, 1.807) is 10.7 Å². The molecule has 0 unspecified atom stereocenters. The van der Waals surface area contributed by atoms with Gasteiger partial charge in [-0.05, 0) is 22.6 Å². The van der Waals surface area contributed by atoms with E-state index in [0.717, 1.165) is 11.1 Å². The summed E-state index contributed by atoms with van der Waals surface area (Å²) in [4.78, 5) is 13.1. The first kappa shape index (κ1) is 25.0. The van der Waals surface area contributed by atoms with Gasteiger partial charge in [-0.1, -0.05) is 75.4 Å². The number of carbonyl (C=O) groups is 1. The number of carbonyl (C=O) groups excluding carboxylic acids is 1. The number of hydrogen-bond donors (Lipinski definition) is 5. The van der Waals surface area contributed by atoms with Crippen molar-refractivity contribution in [1.82, 2.24) is 20.6 Å². The van der Waals surface area contributed by atoms with Gasteiger partial charge in [-0.2, -0.15) is 5.10 Å². The fraction of sp³-hybridized carbons (Fsp3) is 0.385. The normalized spacial score (nSPS) is 22.7. The van der Waals surface area contributed by atoms with Crippen LogP contribution in [0.25, 0.3) is 11.3 Å². The zero-order valence-corrected chi connectivity index (χ0v) is 20.0. The molecular formula is C26H32N4O5. The Labute approximate surface area is 204 Å². The maximum absolute atomic E-state index is 13.1. The number of aliphatic hydroxyl groups is 3. The number of nitrogens with zero attached hydrogens (tertiary/aromatic N) is 2. The van der Waals surface area contributed by atoms with Crippen LogP contribution in [-0.2, 0) is 16.7 Å². The van der Waals surface area contributed by atoms with Crippen LogP contribution in [-0.4, -0.2) is 62.2 Å². The van der Waals surface area contributed by atoms with Gasteiger partial charge in [0.15, 0.2) is 6.23 Å². The highest BCUT2D eigenvalue weighted by molar-refractivity contribution is 5.93. The van der Waals surface area contributed by atoms with Crippen LogP contribution in [0.3, 0.4) is 0 Å². The fourth-order valence-electron chi connectivity index (χ4n) is 3.89. The zero-order valence-electron chi connectivity index (χ0n) is 20.0. The SMILES string of the molecule is CC(C)(C)c1ccc(Cn2nc(-c3ccccc3)cc2C(=O)NN[C@@H]2OC[C@@H](O)[C@H](O)[C@H]2O)cc1. The zero-order chi connectivity index (χ0) is 25.2. The van der Waals surface area contributed by atoms with Crippen molar-refractivity contribution >= 4 is 5.91 Å². The second-order valence-corrected chi connectivity index (χ2v) is 9.79. The predicted octanol–water partition coefficient (Wildman–Crippen LogP) is 1.57. The minimum Gasteiger partial charge on any atom is -0.388 e. The third-order valence-electron chi connectivity index (χ3n) is 6.06. The molecule has 4 rings (SSSR count). The fourth-order valence-corrected chi connectivity index (χ4v) is 3.89. The summed E-state index contributed by atoms with van der Waals surface area (Å²) in [6.45, 7) is 6.68. The smallest absolute Gasteiger partial charge is 0.283 e. The van der Waals surface area contributed by atoms with Crippen molar-refractivity contribution in [3.05, 3.63) is 77.5 Å². The monoisotopic (exact) mass is 480 g/mol. The quantitative estimate of drug-likeness (QED) is 0.339. The van der Waals surface area contributed by atoms with E-state index < -0.39 is 30.4 Å². The number of nitrogens with one attached hydrogen (secondary N) is 2. The van der Waals surface area contributed by atoms with Gasteiger partial charge in [-0.25, -0.2) is 5.43 Å². The van der Waals surface area contributed by atoms with Crippen LogP contribution in [0.2, 0.25) is 0 Å². The number of aliphatic hydroxyl groups excluding tert-OH is 3. The lowest BCUT2D eigenvalue weighted by molar-refractivity contribution is -0.197. The van der Waals surface area contributed by atoms with E-state index >= 15 is 0 Å². The van der Waals surface area contributed by atoms with Gasteiger partial charge in [0.2, 0.25) is 0 Å². The van der Waals surface area contributed by atoms with Gasteiger partial charge in [0.25, 0.3) is 5.91 Å². The molecule has 1 fully saturated rings. The van der Waals surface area contributed by atoms with Crippen molar-refractivity contribution in [2.45, 2.75) is 57.3 Å². The van der Waals surface area contributed by atoms with Gasteiger partial charge in [0.1, 0.15) is 24.0 Å². The Kier molecular flexibility index (Phi) is 7.34. The predicted molar refractivity (Wildman–Crippen MR) is 130 cm³/mol. The summed E-state index contributed by atoms with van der Waals surface area (Å²) >= 11 is 0. The molecule has 1 aliphatic heterocycles. The molecule has 0 saturated carbocycles. The Morgan fingerprint density at radius 1 is 1.06 bits per heavy atom. The Hall–Kier alpha value is -3.08. The van der Waals surface area contributed by atoms with Gasteiger partial charge in [0.05, 0.1) is 18.8 Å². The average Bonchev–Trinajstić information content (AvgIpc) is 3.26. The number of benzene rings is 2. The number of rotatable bonds is 6. The van der Waals surface area contributed by atoms with Crippen LogP contribution < -0.4 is 10.9 Å². The number of hydrogen-bond acceptors (Lipinski definition) is 7. The largest absolute Gasteiger partial charge is 0.388 e. The van der Waals surface area contributed by atoms with Gasteiger partial charge in [-0.15, -0.1) is 0 Å². The lowest BCUT2D eigenvalue weighted by Crippen LogP contribution is -2.61. The maximum Gasteiger partial charge on any atom is 0.283 e. The van der Waals surface area contributed by atoms with E-state index in [2.05, 4.69) is 48.9 Å². The van der Waals surface area contributed by atoms with E-state index in [9.17, 15) is 20.1 Å². The summed E-state index contributed by atoms with van der Waals surface area (Å²) in [6, 6.07) is 19.5. The van der Waals surface area contributed by atoms with Crippen molar-refractivity contribution in [2.24, 2.45) is 0 Å². The molecule has 0 spiro atoms. The molecule has 1 aliphatic rings. The molecule has 35 heavy (non-hydrogen) atoms. The molecule has 1 saturated heterocycles. The molecule has 2 aromatic carbocycles. The molecule has 4 atom stereocenters. The highest BCUT2D eigenvalue weighted by atomic mass is 16.5. The Balaban J connectivity index is 1.55. The minimum absolute atomic E-state index is 0.0385.